The number of anilines is 1. The lowest BCUT2D eigenvalue weighted by molar-refractivity contribution is -0.114. The fourth-order valence-electron chi connectivity index (χ4n) is 4.98. The van der Waals surface area contributed by atoms with Gasteiger partial charge in [0.05, 0.1) is 28.0 Å². The second kappa shape index (κ2) is 8.53. The minimum absolute atomic E-state index is 0.0166. The first-order valence-electron chi connectivity index (χ1n) is 11.6. The molecule has 0 radical (unpaired) electrons. The number of aromatic hydroxyl groups is 1. The van der Waals surface area contributed by atoms with Crippen molar-refractivity contribution in [2.75, 3.05) is 11.4 Å². The third-order valence-electron chi connectivity index (χ3n) is 6.68. The molecule has 1 amide bonds. The summed E-state index contributed by atoms with van der Waals surface area (Å²) in [6, 6.07) is 13.7. The average Bonchev–Trinajstić information content (AvgIpc) is 3.25. The van der Waals surface area contributed by atoms with Gasteiger partial charge in [0.25, 0.3) is 17.0 Å². The largest absolute Gasteiger partial charge is 0.506 e. The lowest BCUT2D eigenvalue weighted by Gasteiger charge is -2.29. The van der Waals surface area contributed by atoms with E-state index in [0.29, 0.717) is 35.2 Å². The van der Waals surface area contributed by atoms with Gasteiger partial charge in [0, 0.05) is 24.0 Å². The molecular weight excluding hydrogens is 460 g/mol. The fraction of sp³-hybridized carbons (Fsp3) is 0.185. The van der Waals surface area contributed by atoms with Crippen molar-refractivity contribution in [3.05, 3.63) is 85.9 Å². The molecule has 36 heavy (non-hydrogen) atoms. The number of benzene rings is 2. The van der Waals surface area contributed by atoms with E-state index in [9.17, 15) is 24.3 Å². The number of hydrogen-bond donors (Lipinski definition) is 3. The highest BCUT2D eigenvalue weighted by atomic mass is 16.3. The Kier molecular flexibility index (Phi) is 5.47. The second-order valence-corrected chi connectivity index (χ2v) is 8.51. The van der Waals surface area contributed by atoms with E-state index in [1.165, 1.54) is 16.4 Å². The Labute approximate surface area is 205 Å². The van der Waals surface area contributed by atoms with Crippen LogP contribution < -0.4 is 16.0 Å². The maximum Gasteiger partial charge on any atom is 0.272 e. The van der Waals surface area contributed by atoms with Crippen molar-refractivity contribution >= 4 is 33.9 Å². The molecule has 0 saturated carbocycles. The van der Waals surface area contributed by atoms with Gasteiger partial charge in [-0.15, -0.1) is 0 Å². The van der Waals surface area contributed by atoms with Crippen LogP contribution in [0, 0.1) is 0 Å². The molecule has 0 fully saturated rings. The lowest BCUT2D eigenvalue weighted by atomic mass is 9.89. The number of likely N-dealkylation sites (N-methyl/N-ethyl adjacent to an activating group) is 1. The highest BCUT2D eigenvalue weighted by molar-refractivity contribution is 6.37. The lowest BCUT2D eigenvalue weighted by Crippen LogP contribution is -2.40. The van der Waals surface area contributed by atoms with Gasteiger partial charge >= 0.3 is 0 Å². The van der Waals surface area contributed by atoms with Gasteiger partial charge in [0.1, 0.15) is 11.3 Å². The van der Waals surface area contributed by atoms with Gasteiger partial charge < -0.3 is 14.6 Å². The molecule has 4 aromatic rings. The summed E-state index contributed by atoms with van der Waals surface area (Å²) in [5.41, 5.74) is 0.0913. The summed E-state index contributed by atoms with van der Waals surface area (Å²) < 4.78 is 1.49. The van der Waals surface area contributed by atoms with Crippen LogP contribution in [0.1, 0.15) is 36.7 Å². The van der Waals surface area contributed by atoms with Crippen LogP contribution in [0.3, 0.4) is 0 Å². The van der Waals surface area contributed by atoms with Gasteiger partial charge in [-0.25, -0.2) is 0 Å². The van der Waals surface area contributed by atoms with E-state index in [2.05, 4.69) is 10.2 Å². The molecule has 0 bridgehead atoms. The number of carbonyl (C=O) groups excluding carboxylic acids is 2. The Morgan fingerprint density at radius 3 is 2.33 bits per heavy atom. The molecule has 0 spiro atoms. The number of aromatic nitrogens is 3. The molecule has 0 saturated heterocycles. The van der Waals surface area contributed by atoms with Gasteiger partial charge in [-0.3, -0.25) is 29.4 Å². The summed E-state index contributed by atoms with van der Waals surface area (Å²) in [6.07, 6.45) is 0. The Morgan fingerprint density at radius 1 is 0.917 bits per heavy atom. The van der Waals surface area contributed by atoms with Crippen molar-refractivity contribution in [2.45, 2.75) is 27.3 Å². The van der Waals surface area contributed by atoms with Crippen molar-refractivity contribution in [3.8, 4) is 17.0 Å². The van der Waals surface area contributed by atoms with Crippen LogP contribution in [0.25, 0.3) is 27.7 Å². The Balaban J connectivity index is 1.82. The molecule has 2 aromatic carbocycles. The maximum atomic E-state index is 13.5. The highest BCUT2D eigenvalue weighted by Gasteiger charge is 2.37. The zero-order valence-corrected chi connectivity index (χ0v) is 20.0. The normalized spacial score (nSPS) is 14.9. The third-order valence-corrected chi connectivity index (χ3v) is 6.68. The summed E-state index contributed by atoms with van der Waals surface area (Å²) in [6.45, 7) is 5.76. The van der Waals surface area contributed by atoms with Crippen LogP contribution in [0.4, 0.5) is 5.69 Å². The number of carbonyl (C=O) groups is 2. The van der Waals surface area contributed by atoms with Gasteiger partial charge in [-0.1, -0.05) is 24.3 Å². The van der Waals surface area contributed by atoms with E-state index in [1.807, 2.05) is 0 Å². The SMILES string of the molecule is CCN1C(=O)C(=C(C)c2c(-c3c(O)c4ccccc4n(CC)c3=O)[nH][nH]c2=O)C(=O)c2ccccc21. The molecule has 0 aliphatic carbocycles. The first-order valence-corrected chi connectivity index (χ1v) is 11.6. The number of allylic oxidation sites excluding steroid dienone is 1. The number of nitrogens with one attached hydrogen (secondary N) is 2. The number of H-pyrrole nitrogens is 2. The summed E-state index contributed by atoms with van der Waals surface area (Å²) in [5, 5.41) is 16.7. The monoisotopic (exact) mass is 484 g/mol. The Hall–Kier alpha value is -4.66. The molecule has 3 heterocycles. The molecule has 1 aliphatic heterocycles. The number of aryl methyl sites for hydroxylation is 1. The van der Waals surface area contributed by atoms with Crippen LogP contribution in [0.15, 0.2) is 63.7 Å². The summed E-state index contributed by atoms with van der Waals surface area (Å²) in [4.78, 5) is 54.9. The first kappa shape index (κ1) is 23.1. The number of ketones is 1. The molecule has 182 valence electrons. The predicted molar refractivity (Wildman–Crippen MR) is 137 cm³/mol. The maximum absolute atomic E-state index is 13.5. The summed E-state index contributed by atoms with van der Waals surface area (Å²) in [7, 11) is 0. The zero-order valence-electron chi connectivity index (χ0n) is 20.0. The minimum Gasteiger partial charge on any atom is -0.506 e. The van der Waals surface area contributed by atoms with Crippen LogP contribution in [0.5, 0.6) is 5.75 Å². The highest BCUT2D eigenvalue weighted by Crippen LogP contribution is 2.37. The van der Waals surface area contributed by atoms with Crippen LogP contribution in [0.2, 0.25) is 0 Å². The smallest absolute Gasteiger partial charge is 0.272 e. The van der Waals surface area contributed by atoms with Crippen molar-refractivity contribution in [1.29, 1.82) is 0 Å². The fourth-order valence-corrected chi connectivity index (χ4v) is 4.98. The number of nitrogens with zero attached hydrogens (tertiary/aromatic N) is 2. The van der Waals surface area contributed by atoms with Crippen molar-refractivity contribution in [3.63, 3.8) is 0 Å². The Morgan fingerprint density at radius 2 is 1.61 bits per heavy atom. The van der Waals surface area contributed by atoms with E-state index < -0.39 is 22.8 Å². The topological polar surface area (TPSA) is 128 Å². The number of rotatable bonds is 4. The molecule has 9 nitrogen and oxygen atoms in total. The summed E-state index contributed by atoms with van der Waals surface area (Å²) >= 11 is 0. The molecule has 9 heteroatoms. The van der Waals surface area contributed by atoms with Crippen molar-refractivity contribution in [1.82, 2.24) is 14.8 Å². The summed E-state index contributed by atoms with van der Waals surface area (Å²) in [5.74, 6) is -1.33. The number of amides is 1. The van der Waals surface area contributed by atoms with Gasteiger partial charge in [0.15, 0.2) is 0 Å². The van der Waals surface area contributed by atoms with E-state index in [-0.39, 0.29) is 33.7 Å². The van der Waals surface area contributed by atoms with Gasteiger partial charge in [0.2, 0.25) is 5.78 Å². The Bertz CT molecular complexity index is 1720. The second-order valence-electron chi connectivity index (χ2n) is 8.51. The third kappa shape index (κ3) is 3.16. The minimum atomic E-state index is -0.618. The van der Waals surface area contributed by atoms with Crippen LogP contribution in [-0.2, 0) is 11.3 Å². The zero-order chi connectivity index (χ0) is 25.7. The molecule has 5 rings (SSSR count). The first-order chi connectivity index (χ1) is 17.3. The standard InChI is InChI=1S/C27H24N4O5/c1-4-30-17-12-8-6-10-15(17)23(32)20(26(30)35)14(3)19-22(28-29-25(19)34)21-24(33)16-11-7-9-13-18(16)31(5-2)27(21)36/h6-13,33H,4-5H2,1-3H3,(H2,28,29,34). The average molecular weight is 485 g/mol. The van der Waals surface area contributed by atoms with E-state index in [0.717, 1.165) is 0 Å². The number of pyridine rings is 1. The molecule has 3 N–H and O–H groups in total. The number of para-hydroxylation sites is 2. The van der Waals surface area contributed by atoms with Crippen molar-refractivity contribution < 1.29 is 14.7 Å². The molecule has 0 atom stereocenters. The van der Waals surface area contributed by atoms with Gasteiger partial charge in [-0.05, 0) is 50.6 Å². The van der Waals surface area contributed by atoms with Gasteiger partial charge in [-0.2, -0.15) is 0 Å². The quantitative estimate of drug-likeness (QED) is 0.302. The van der Waals surface area contributed by atoms with E-state index >= 15 is 0 Å². The molecule has 2 aromatic heterocycles. The molecule has 0 unspecified atom stereocenters. The number of hydrogen-bond acceptors (Lipinski definition) is 5. The van der Waals surface area contributed by atoms with E-state index in [1.54, 1.807) is 62.4 Å². The number of fused-ring (bicyclic) bond motifs is 2. The predicted octanol–water partition coefficient (Wildman–Crippen LogP) is 3.43. The molecule has 1 aliphatic rings. The number of aromatic amines is 2. The van der Waals surface area contributed by atoms with E-state index in [4.69, 9.17) is 0 Å². The van der Waals surface area contributed by atoms with Crippen LogP contribution in [-0.4, -0.2) is 38.1 Å². The van der Waals surface area contributed by atoms with Crippen LogP contribution >= 0.6 is 0 Å². The van der Waals surface area contributed by atoms with Crippen molar-refractivity contribution in [2.24, 2.45) is 0 Å². The molecular formula is C27H24N4O5. The number of Topliss-reactive ketones (excluding diaryl/α,β-unsaturated/α-hetero) is 1.